The maximum Gasteiger partial charge on any atom is 0.196 e. The van der Waals surface area contributed by atoms with Gasteiger partial charge in [-0.15, -0.1) is 0 Å². The van der Waals surface area contributed by atoms with Gasteiger partial charge in [0.15, 0.2) is 5.78 Å². The fourth-order valence-corrected chi connectivity index (χ4v) is 2.99. The minimum atomic E-state index is -0.121. The molecule has 0 fully saturated rings. The zero-order chi connectivity index (χ0) is 14.3. The fourth-order valence-electron chi connectivity index (χ4n) is 2.23. The number of hydrogen-bond donors (Lipinski definition) is 0. The molecule has 2 aromatic carbocycles. The lowest BCUT2D eigenvalue weighted by atomic mass is 10.00. The van der Waals surface area contributed by atoms with E-state index in [1.807, 2.05) is 12.1 Å². The first-order valence-corrected chi connectivity index (χ1v) is 7.84. The van der Waals surface area contributed by atoms with Gasteiger partial charge in [0.1, 0.15) is 5.75 Å². The Labute approximate surface area is 140 Å². The van der Waals surface area contributed by atoms with Crippen molar-refractivity contribution in [3.05, 3.63) is 60.6 Å². The minimum absolute atomic E-state index is 0.121. The first-order valence-electron chi connectivity index (χ1n) is 6.01. The van der Waals surface area contributed by atoms with Crippen LogP contribution in [0.5, 0.6) is 5.75 Å². The second-order valence-electron chi connectivity index (χ2n) is 4.50. The number of carbonyl (C=O) groups is 1. The predicted molar refractivity (Wildman–Crippen MR) is 88.3 cm³/mol. The lowest BCUT2D eigenvalue weighted by molar-refractivity contribution is 0.103. The largest absolute Gasteiger partial charge is 0.492 e. The molecule has 0 saturated carbocycles. The average Bonchev–Trinajstić information content (AvgIpc) is 2.88. The second-order valence-corrected chi connectivity index (χ2v) is 6.50. The van der Waals surface area contributed by atoms with Crippen LogP contribution in [0, 0.1) is 3.57 Å². The Balaban J connectivity index is 2.09. The third kappa shape index (κ3) is 2.54. The predicted octanol–water partition coefficient (Wildman–Crippen LogP) is 4.76. The zero-order valence-electron chi connectivity index (χ0n) is 10.3. The molecule has 1 aliphatic rings. The summed E-state index contributed by atoms with van der Waals surface area (Å²) in [4.78, 5) is 12.6. The van der Waals surface area contributed by atoms with E-state index in [0.717, 1.165) is 15.6 Å². The summed E-state index contributed by atoms with van der Waals surface area (Å²) in [5, 5.41) is 1.12. The molecule has 5 heteroatoms. The van der Waals surface area contributed by atoms with Crippen molar-refractivity contribution in [1.29, 1.82) is 0 Å². The molecular weight excluding hydrogens is 410 g/mol. The summed E-state index contributed by atoms with van der Waals surface area (Å²) in [6.07, 6.45) is 0.781. The topological polar surface area (TPSA) is 26.3 Å². The van der Waals surface area contributed by atoms with Crippen LogP contribution in [0.15, 0.2) is 30.3 Å². The van der Waals surface area contributed by atoms with Crippen molar-refractivity contribution in [3.8, 4) is 5.75 Å². The van der Waals surface area contributed by atoms with Crippen molar-refractivity contribution in [2.75, 3.05) is 6.61 Å². The number of ether oxygens (including phenoxy) is 1. The van der Waals surface area contributed by atoms with Gasteiger partial charge in [-0.3, -0.25) is 4.79 Å². The third-order valence-corrected chi connectivity index (χ3v) is 4.97. The molecule has 0 saturated heterocycles. The van der Waals surface area contributed by atoms with E-state index in [2.05, 4.69) is 22.6 Å². The number of halogens is 3. The summed E-state index contributed by atoms with van der Waals surface area (Å²) in [6, 6.07) is 8.76. The van der Waals surface area contributed by atoms with Crippen molar-refractivity contribution >= 4 is 51.6 Å². The van der Waals surface area contributed by atoms with Crippen molar-refractivity contribution in [3.63, 3.8) is 0 Å². The smallest absolute Gasteiger partial charge is 0.196 e. The van der Waals surface area contributed by atoms with Crippen LogP contribution in [0.2, 0.25) is 10.0 Å². The summed E-state index contributed by atoms with van der Waals surface area (Å²) >= 11 is 14.3. The van der Waals surface area contributed by atoms with Gasteiger partial charge < -0.3 is 4.74 Å². The molecule has 20 heavy (non-hydrogen) atoms. The minimum Gasteiger partial charge on any atom is -0.492 e. The number of carbonyl (C=O) groups excluding carboxylic acids is 1. The third-order valence-electron chi connectivity index (χ3n) is 3.17. The molecule has 0 bridgehead atoms. The standard InChI is InChI=1S/C15H9Cl2IO2/c16-10-5-9-3-4-20-15(9)11(7-10)14(19)8-1-2-13(18)12(17)6-8/h1-2,5-7H,3-4H2. The number of fused-ring (bicyclic) bond motifs is 1. The monoisotopic (exact) mass is 418 g/mol. The van der Waals surface area contributed by atoms with Crippen molar-refractivity contribution < 1.29 is 9.53 Å². The Hall–Kier alpha value is -0.780. The summed E-state index contributed by atoms with van der Waals surface area (Å²) in [6.45, 7) is 0.587. The molecule has 1 aliphatic heterocycles. The van der Waals surface area contributed by atoms with Gasteiger partial charge in [0, 0.05) is 20.6 Å². The highest BCUT2D eigenvalue weighted by Gasteiger charge is 2.23. The molecule has 2 aromatic rings. The Morgan fingerprint density at radius 2 is 2.00 bits per heavy atom. The molecule has 0 aliphatic carbocycles. The van der Waals surface area contributed by atoms with Gasteiger partial charge in [0.2, 0.25) is 0 Å². The fraction of sp³-hybridized carbons (Fsp3) is 0.133. The highest BCUT2D eigenvalue weighted by atomic mass is 127. The molecule has 102 valence electrons. The SMILES string of the molecule is O=C(c1ccc(I)c(Cl)c1)c1cc(Cl)cc2c1OCC2. The molecule has 3 rings (SSSR count). The number of hydrogen-bond acceptors (Lipinski definition) is 2. The van der Waals surface area contributed by atoms with E-state index in [0.29, 0.717) is 33.5 Å². The Bertz CT molecular complexity index is 713. The molecule has 0 radical (unpaired) electrons. The molecule has 0 N–H and O–H groups in total. The molecule has 0 spiro atoms. The average molecular weight is 419 g/mol. The van der Waals surface area contributed by atoms with E-state index in [1.165, 1.54) is 0 Å². The van der Waals surface area contributed by atoms with Crippen LogP contribution in [0.4, 0.5) is 0 Å². The normalized spacial score (nSPS) is 12.9. The van der Waals surface area contributed by atoms with Crippen LogP contribution in [-0.2, 0) is 6.42 Å². The maximum atomic E-state index is 12.6. The molecule has 0 unspecified atom stereocenters. The number of ketones is 1. The van der Waals surface area contributed by atoms with E-state index in [4.69, 9.17) is 27.9 Å². The molecule has 0 atom stereocenters. The first-order chi connectivity index (χ1) is 9.56. The maximum absolute atomic E-state index is 12.6. The van der Waals surface area contributed by atoms with Crippen LogP contribution in [-0.4, -0.2) is 12.4 Å². The molecule has 1 heterocycles. The van der Waals surface area contributed by atoms with Gasteiger partial charge in [0.25, 0.3) is 0 Å². The Kier molecular flexibility index (Phi) is 3.93. The quantitative estimate of drug-likeness (QED) is 0.519. The lowest BCUT2D eigenvalue weighted by Gasteiger charge is -2.09. The van der Waals surface area contributed by atoms with Gasteiger partial charge in [-0.25, -0.2) is 0 Å². The van der Waals surface area contributed by atoms with Gasteiger partial charge in [-0.2, -0.15) is 0 Å². The van der Waals surface area contributed by atoms with E-state index in [1.54, 1.807) is 18.2 Å². The molecular formula is C15H9Cl2IO2. The Morgan fingerprint density at radius 3 is 2.75 bits per heavy atom. The van der Waals surface area contributed by atoms with Crippen LogP contribution in [0.3, 0.4) is 0 Å². The van der Waals surface area contributed by atoms with Gasteiger partial charge >= 0.3 is 0 Å². The number of rotatable bonds is 2. The van der Waals surface area contributed by atoms with E-state index in [9.17, 15) is 4.79 Å². The molecule has 0 aromatic heterocycles. The van der Waals surface area contributed by atoms with Crippen molar-refractivity contribution in [1.82, 2.24) is 0 Å². The van der Waals surface area contributed by atoms with Gasteiger partial charge in [0.05, 0.1) is 17.2 Å². The van der Waals surface area contributed by atoms with Gasteiger partial charge in [-0.1, -0.05) is 23.2 Å². The van der Waals surface area contributed by atoms with Gasteiger partial charge in [-0.05, 0) is 58.5 Å². The highest BCUT2D eigenvalue weighted by Crippen LogP contribution is 2.34. The highest BCUT2D eigenvalue weighted by molar-refractivity contribution is 14.1. The van der Waals surface area contributed by atoms with E-state index >= 15 is 0 Å². The molecule has 0 amide bonds. The van der Waals surface area contributed by atoms with Crippen LogP contribution in [0.1, 0.15) is 21.5 Å². The summed E-state index contributed by atoms with van der Waals surface area (Å²) in [7, 11) is 0. The Morgan fingerprint density at radius 1 is 1.20 bits per heavy atom. The first kappa shape index (κ1) is 14.2. The van der Waals surface area contributed by atoms with Crippen molar-refractivity contribution in [2.45, 2.75) is 6.42 Å². The van der Waals surface area contributed by atoms with Crippen molar-refractivity contribution in [2.24, 2.45) is 0 Å². The van der Waals surface area contributed by atoms with E-state index in [-0.39, 0.29) is 5.78 Å². The van der Waals surface area contributed by atoms with Crippen LogP contribution < -0.4 is 4.74 Å². The summed E-state index contributed by atoms with van der Waals surface area (Å²) in [5.41, 5.74) is 2.02. The second kappa shape index (κ2) is 5.54. The van der Waals surface area contributed by atoms with E-state index < -0.39 is 0 Å². The zero-order valence-corrected chi connectivity index (χ0v) is 13.9. The lowest BCUT2D eigenvalue weighted by Crippen LogP contribution is -2.04. The summed E-state index contributed by atoms with van der Waals surface area (Å²) in [5.74, 6) is 0.526. The summed E-state index contributed by atoms with van der Waals surface area (Å²) < 4.78 is 6.48. The van der Waals surface area contributed by atoms with Crippen LogP contribution in [0.25, 0.3) is 0 Å². The molecule has 2 nitrogen and oxygen atoms in total. The number of benzene rings is 2. The van der Waals surface area contributed by atoms with Crippen LogP contribution >= 0.6 is 45.8 Å².